The van der Waals surface area contributed by atoms with Gasteiger partial charge in [0.15, 0.2) is 0 Å². The number of halogens is 2. The summed E-state index contributed by atoms with van der Waals surface area (Å²) >= 11 is 7.47. The van der Waals surface area contributed by atoms with Crippen LogP contribution in [0, 0.1) is 11.8 Å². The van der Waals surface area contributed by atoms with Crippen LogP contribution < -0.4 is 14.4 Å². The second-order valence-corrected chi connectivity index (χ2v) is 13.5. The highest BCUT2D eigenvalue weighted by atomic mass is 35.5. The third-order valence-corrected chi connectivity index (χ3v) is 9.42. The minimum atomic E-state index is -1.78. The van der Waals surface area contributed by atoms with E-state index in [0.29, 0.717) is 24.0 Å². The summed E-state index contributed by atoms with van der Waals surface area (Å²) in [7, 11) is 3.59. The van der Waals surface area contributed by atoms with Crippen LogP contribution in [0.25, 0.3) is 0 Å². The number of hydrogen-bond donors (Lipinski definition) is 1. The molecular formula is C33H47ClFN3O3S. The van der Waals surface area contributed by atoms with Crippen molar-refractivity contribution in [1.29, 1.82) is 0 Å². The summed E-state index contributed by atoms with van der Waals surface area (Å²) in [5, 5.41) is 0.744. The van der Waals surface area contributed by atoms with Gasteiger partial charge in [-0.2, -0.15) is 0 Å². The Morgan fingerprint density at radius 3 is 2.71 bits per heavy atom. The van der Waals surface area contributed by atoms with Gasteiger partial charge in [0, 0.05) is 42.8 Å². The average molecular weight is 620 g/mol. The predicted octanol–water partition coefficient (Wildman–Crippen LogP) is 7.76. The molecule has 232 valence electrons. The van der Waals surface area contributed by atoms with Crippen LogP contribution >= 0.6 is 23.7 Å². The molecule has 0 spiro atoms. The first-order valence-electron chi connectivity index (χ1n) is 15.4. The molecule has 1 N–H and O–H groups in total. The molecule has 2 aromatic rings. The van der Waals surface area contributed by atoms with E-state index in [1.165, 1.54) is 17.5 Å². The second kappa shape index (κ2) is 15.6. The van der Waals surface area contributed by atoms with E-state index in [1.54, 1.807) is 24.5 Å². The monoisotopic (exact) mass is 619 g/mol. The van der Waals surface area contributed by atoms with Gasteiger partial charge in [-0.3, -0.25) is 9.52 Å². The minimum Gasteiger partial charge on any atom is -0.491 e. The predicted molar refractivity (Wildman–Crippen MR) is 172 cm³/mol. The van der Waals surface area contributed by atoms with E-state index in [2.05, 4.69) is 42.5 Å². The molecule has 4 rings (SSSR count). The van der Waals surface area contributed by atoms with Crippen molar-refractivity contribution < 1.29 is 18.7 Å². The van der Waals surface area contributed by atoms with E-state index in [4.69, 9.17) is 21.1 Å². The number of anilines is 1. The number of hydrogen-bond acceptors (Lipinski definition) is 6. The Morgan fingerprint density at radius 2 is 2.02 bits per heavy atom. The number of nitrogens with zero attached hydrogens (tertiary/aromatic N) is 2. The Labute approximate surface area is 260 Å². The van der Waals surface area contributed by atoms with E-state index in [1.807, 2.05) is 18.2 Å². The smallest absolute Gasteiger partial charge is 0.270 e. The molecule has 2 aliphatic heterocycles. The maximum Gasteiger partial charge on any atom is 0.270 e. The van der Waals surface area contributed by atoms with Crippen molar-refractivity contribution in [2.45, 2.75) is 77.5 Å². The zero-order valence-corrected chi connectivity index (χ0v) is 27.3. The first-order chi connectivity index (χ1) is 20.2. The Bertz CT molecular complexity index is 1180. The number of alkyl halides is 1. The van der Waals surface area contributed by atoms with Crippen LogP contribution in [0.1, 0.15) is 81.7 Å². The van der Waals surface area contributed by atoms with Gasteiger partial charge in [-0.05, 0) is 92.6 Å². The van der Waals surface area contributed by atoms with Crippen LogP contribution in [0.5, 0.6) is 5.75 Å². The molecule has 1 fully saturated rings. The molecule has 0 saturated carbocycles. The fourth-order valence-electron chi connectivity index (χ4n) is 6.45. The summed E-state index contributed by atoms with van der Waals surface area (Å²) in [5.74, 6) is 0.922. The summed E-state index contributed by atoms with van der Waals surface area (Å²) in [5.41, 5.74) is 3.66. The fourth-order valence-corrected chi connectivity index (χ4v) is 7.02. The van der Waals surface area contributed by atoms with Crippen LogP contribution in [0.4, 0.5) is 10.1 Å². The van der Waals surface area contributed by atoms with E-state index in [9.17, 15) is 4.79 Å². The highest BCUT2D eigenvalue weighted by molar-refractivity contribution is 7.95. The lowest BCUT2D eigenvalue weighted by Crippen LogP contribution is -2.39. The summed E-state index contributed by atoms with van der Waals surface area (Å²) in [6.07, 6.45) is 4.94. The van der Waals surface area contributed by atoms with Crippen LogP contribution in [-0.2, 0) is 16.0 Å². The molecular weight excluding hydrogens is 573 g/mol. The number of rotatable bonds is 12. The molecule has 6 nitrogen and oxygen atoms in total. The maximum absolute atomic E-state index is 15.5. The number of fused-ring (bicyclic) bond motifs is 1. The molecule has 42 heavy (non-hydrogen) atoms. The van der Waals surface area contributed by atoms with Crippen molar-refractivity contribution in [3.05, 3.63) is 58.1 Å². The van der Waals surface area contributed by atoms with E-state index < -0.39 is 12.1 Å². The van der Waals surface area contributed by atoms with Gasteiger partial charge < -0.3 is 14.4 Å². The molecule has 2 aromatic carbocycles. The Kier molecular flexibility index (Phi) is 12.3. The van der Waals surface area contributed by atoms with E-state index in [-0.39, 0.29) is 12.0 Å². The molecule has 0 radical (unpaired) electrons. The first kappa shape index (κ1) is 32.9. The second-order valence-electron chi connectivity index (χ2n) is 11.9. The van der Waals surface area contributed by atoms with Gasteiger partial charge in [-0.1, -0.05) is 57.3 Å². The third kappa shape index (κ3) is 8.34. The van der Waals surface area contributed by atoms with Gasteiger partial charge in [0.25, 0.3) is 5.91 Å². The maximum atomic E-state index is 15.5. The third-order valence-electron chi connectivity index (χ3n) is 8.52. The van der Waals surface area contributed by atoms with Crippen molar-refractivity contribution in [3.8, 4) is 5.75 Å². The normalized spacial score (nSPS) is 21.2. The van der Waals surface area contributed by atoms with Crippen molar-refractivity contribution in [2.75, 3.05) is 45.3 Å². The van der Waals surface area contributed by atoms with Crippen LogP contribution in [0.15, 0.2) is 36.4 Å². The van der Waals surface area contributed by atoms with Crippen LogP contribution in [0.3, 0.4) is 0 Å². The van der Waals surface area contributed by atoms with Gasteiger partial charge in [0.1, 0.15) is 5.75 Å². The Morgan fingerprint density at radius 1 is 1.21 bits per heavy atom. The van der Waals surface area contributed by atoms with Gasteiger partial charge >= 0.3 is 0 Å². The minimum absolute atomic E-state index is 0.110. The van der Waals surface area contributed by atoms with Gasteiger partial charge in [-0.15, -0.1) is 0 Å². The number of ether oxygens (including phenoxy) is 2. The lowest BCUT2D eigenvalue weighted by molar-refractivity contribution is -0.124. The van der Waals surface area contributed by atoms with Crippen LogP contribution in [0.2, 0.25) is 5.02 Å². The van der Waals surface area contributed by atoms with E-state index in [0.717, 1.165) is 80.4 Å². The molecule has 0 aliphatic carbocycles. The topological polar surface area (TPSA) is 54.0 Å². The molecule has 9 heteroatoms. The van der Waals surface area contributed by atoms with Crippen LogP contribution in [-0.4, -0.2) is 56.7 Å². The van der Waals surface area contributed by atoms with Crippen molar-refractivity contribution in [2.24, 2.45) is 11.8 Å². The molecule has 1 amide bonds. The lowest BCUT2D eigenvalue weighted by Gasteiger charge is -2.37. The quantitative estimate of drug-likeness (QED) is 0.245. The summed E-state index contributed by atoms with van der Waals surface area (Å²) < 4.78 is 32.4. The summed E-state index contributed by atoms with van der Waals surface area (Å²) in [4.78, 5) is 15.0. The molecule has 5 unspecified atom stereocenters. The number of carbonyl (C=O) groups excluding carboxylic acids is 1. The van der Waals surface area contributed by atoms with E-state index >= 15 is 4.39 Å². The average Bonchev–Trinajstić information content (AvgIpc) is 3.15. The Hall–Kier alpha value is -2.00. The van der Waals surface area contributed by atoms with Gasteiger partial charge in [-0.25, -0.2) is 8.70 Å². The number of carbonyl (C=O) groups is 1. The lowest BCUT2D eigenvalue weighted by atomic mass is 9.83. The molecule has 2 aliphatic rings. The Balaban J connectivity index is 1.67. The highest BCUT2D eigenvalue weighted by Gasteiger charge is 2.33. The van der Waals surface area contributed by atoms with Crippen molar-refractivity contribution in [3.63, 3.8) is 0 Å². The molecule has 0 aromatic heterocycles. The highest BCUT2D eigenvalue weighted by Crippen LogP contribution is 2.40. The standard InChI is InChI=1S/C33H47ClFN3O3S/c1-6-10-23-17-26(34)13-14-28(23)25-20-38(19-22(3)27(7-2)30-11-8-9-16-40-30)29-18-24(12-15-31(29)41-21-25)32(35)33(39)36-42-37(4)5/h12-15,17-18,22,25,27,30,32H,6-11,16,19-21H2,1-5H3,(H,36,39). The largest absolute Gasteiger partial charge is 0.491 e. The number of amides is 1. The first-order valence-corrected chi connectivity index (χ1v) is 16.6. The van der Waals surface area contributed by atoms with Gasteiger partial charge in [0.2, 0.25) is 6.17 Å². The fraction of sp³-hybridized carbons (Fsp3) is 0.606. The summed E-state index contributed by atoms with van der Waals surface area (Å²) in [6, 6.07) is 11.5. The number of aryl methyl sites for hydroxylation is 1. The SMILES string of the molecule is CCCc1cc(Cl)ccc1C1COc2ccc(C(F)C(=O)NSN(C)C)cc2N(CC(C)C(CC)C2CCCCO2)C1. The molecule has 5 atom stereocenters. The zero-order chi connectivity index (χ0) is 30.2. The molecule has 1 saturated heterocycles. The summed E-state index contributed by atoms with van der Waals surface area (Å²) in [6.45, 7) is 9.59. The number of benzene rings is 2. The molecule has 2 heterocycles. The molecule has 0 bridgehead atoms. The van der Waals surface area contributed by atoms with Gasteiger partial charge in [0.05, 0.1) is 18.4 Å². The number of nitrogens with one attached hydrogen (secondary N) is 1. The van der Waals surface area contributed by atoms with Crippen molar-refractivity contribution >= 4 is 35.3 Å². The van der Waals surface area contributed by atoms with Crippen molar-refractivity contribution in [1.82, 2.24) is 9.03 Å². The zero-order valence-electron chi connectivity index (χ0n) is 25.7.